The Hall–Kier alpha value is -2.62. The number of aryl methyl sites for hydroxylation is 1. The van der Waals surface area contributed by atoms with Crippen LogP contribution in [0.4, 0.5) is 0 Å². The Morgan fingerprint density at radius 3 is 2.50 bits per heavy atom. The van der Waals surface area contributed by atoms with Crippen LogP contribution in [0.3, 0.4) is 0 Å². The van der Waals surface area contributed by atoms with Crippen LogP contribution in [-0.2, 0) is 20.7 Å². The van der Waals surface area contributed by atoms with Gasteiger partial charge in [0.1, 0.15) is 5.75 Å². The lowest BCUT2D eigenvalue weighted by Crippen LogP contribution is -2.07. The molecular weight excluding hydrogens is 328 g/mol. The molecule has 0 bridgehead atoms. The van der Waals surface area contributed by atoms with Crippen molar-refractivity contribution < 1.29 is 19.1 Å². The van der Waals surface area contributed by atoms with Crippen molar-refractivity contribution in [2.75, 3.05) is 13.2 Å². The van der Waals surface area contributed by atoms with Crippen molar-refractivity contribution in [1.82, 2.24) is 0 Å². The van der Waals surface area contributed by atoms with Gasteiger partial charge in [-0.05, 0) is 49.8 Å². The minimum Gasteiger partial charge on any atom is -0.494 e. The molecule has 4 nitrogen and oxygen atoms in total. The molecule has 0 spiro atoms. The first-order chi connectivity index (χ1) is 12.8. The molecule has 0 aliphatic rings. The second-order valence-corrected chi connectivity index (χ2v) is 6.10. The third-order valence-electron chi connectivity index (χ3n) is 3.96. The summed E-state index contributed by atoms with van der Waals surface area (Å²) in [5.41, 5.74) is 1.79. The third kappa shape index (κ3) is 7.97. The standard InChI is InChI=1S/C22H25O4/c23-18-20-12-8-13-21(17-20)25-15-7-5-14-22(24)26-16-6-4-11-19-9-2-1-3-10-19/h1-3,8-10,12-13,17H,4-7,11,14-16H2. The predicted octanol–water partition coefficient (Wildman–Crippen LogP) is 4.26. The van der Waals surface area contributed by atoms with Crippen LogP contribution >= 0.6 is 0 Å². The highest BCUT2D eigenvalue weighted by molar-refractivity contribution is 5.75. The number of carbonyl (C=O) groups excluding carboxylic acids is 2. The van der Waals surface area contributed by atoms with Gasteiger partial charge in [-0.2, -0.15) is 0 Å². The van der Waals surface area contributed by atoms with Crippen LogP contribution in [0.5, 0.6) is 5.75 Å². The van der Waals surface area contributed by atoms with E-state index in [-0.39, 0.29) is 5.97 Å². The van der Waals surface area contributed by atoms with E-state index in [0.29, 0.717) is 30.9 Å². The van der Waals surface area contributed by atoms with Crippen molar-refractivity contribution in [2.45, 2.75) is 38.5 Å². The molecule has 0 aliphatic carbocycles. The Balaban J connectivity index is 1.46. The molecule has 0 saturated carbocycles. The van der Waals surface area contributed by atoms with Crippen molar-refractivity contribution in [1.29, 1.82) is 0 Å². The molecule has 0 saturated heterocycles. The SMILES string of the molecule is O=[C]c1cccc(OCCCCC(=O)OCCCCc2ccccc2)c1. The zero-order chi connectivity index (χ0) is 18.5. The smallest absolute Gasteiger partial charge is 0.305 e. The van der Waals surface area contributed by atoms with Crippen LogP contribution in [0.25, 0.3) is 0 Å². The molecule has 1 radical (unpaired) electrons. The molecule has 0 atom stereocenters. The molecule has 4 heteroatoms. The van der Waals surface area contributed by atoms with Gasteiger partial charge in [0.25, 0.3) is 0 Å². The molecule has 2 aromatic carbocycles. The molecular formula is C22H25O4. The highest BCUT2D eigenvalue weighted by Gasteiger charge is 2.03. The summed E-state index contributed by atoms with van der Waals surface area (Å²) in [6.45, 7) is 0.990. The van der Waals surface area contributed by atoms with Crippen LogP contribution in [0.15, 0.2) is 54.6 Å². The first kappa shape index (κ1) is 19.7. The van der Waals surface area contributed by atoms with Gasteiger partial charge in [0.2, 0.25) is 6.29 Å². The fourth-order valence-corrected chi connectivity index (χ4v) is 2.54. The Labute approximate surface area is 155 Å². The summed E-state index contributed by atoms with van der Waals surface area (Å²) in [5, 5.41) is 0. The van der Waals surface area contributed by atoms with Crippen LogP contribution in [-0.4, -0.2) is 25.5 Å². The normalized spacial score (nSPS) is 10.3. The van der Waals surface area contributed by atoms with Gasteiger partial charge in [-0.3, -0.25) is 9.59 Å². The summed E-state index contributed by atoms with van der Waals surface area (Å²) in [4.78, 5) is 22.3. The highest BCUT2D eigenvalue weighted by Crippen LogP contribution is 2.12. The zero-order valence-electron chi connectivity index (χ0n) is 15.0. The molecule has 137 valence electrons. The summed E-state index contributed by atoms with van der Waals surface area (Å²) < 4.78 is 10.8. The minimum absolute atomic E-state index is 0.151. The monoisotopic (exact) mass is 353 g/mol. The summed E-state index contributed by atoms with van der Waals surface area (Å²) in [6, 6.07) is 17.2. The number of carbonyl (C=O) groups is 1. The van der Waals surface area contributed by atoms with Gasteiger partial charge in [0.15, 0.2) is 0 Å². The maximum atomic E-state index is 11.7. The molecule has 0 heterocycles. The second-order valence-electron chi connectivity index (χ2n) is 6.10. The number of unbranched alkanes of at least 4 members (excludes halogenated alkanes) is 2. The molecule has 0 N–H and O–H groups in total. The number of rotatable bonds is 12. The first-order valence-electron chi connectivity index (χ1n) is 9.08. The molecule has 0 aliphatic heterocycles. The quantitative estimate of drug-likeness (QED) is 0.423. The fourth-order valence-electron chi connectivity index (χ4n) is 2.54. The maximum Gasteiger partial charge on any atom is 0.305 e. The Kier molecular flexibility index (Phi) is 8.98. The van der Waals surface area contributed by atoms with Crippen LogP contribution in [0.1, 0.15) is 43.2 Å². The summed E-state index contributed by atoms with van der Waals surface area (Å²) in [7, 11) is 0. The van der Waals surface area contributed by atoms with E-state index >= 15 is 0 Å². The number of hydrogen-bond acceptors (Lipinski definition) is 4. The number of esters is 1. The van der Waals surface area contributed by atoms with E-state index in [9.17, 15) is 9.59 Å². The zero-order valence-corrected chi connectivity index (χ0v) is 15.0. The fraction of sp³-hybridized carbons (Fsp3) is 0.364. The molecule has 2 rings (SSSR count). The van der Waals surface area contributed by atoms with Crippen molar-refractivity contribution in [3.05, 3.63) is 65.7 Å². The molecule has 0 fully saturated rings. The number of benzene rings is 2. The second kappa shape index (κ2) is 11.9. The largest absolute Gasteiger partial charge is 0.494 e. The molecule has 0 amide bonds. The van der Waals surface area contributed by atoms with E-state index in [2.05, 4.69) is 12.1 Å². The van der Waals surface area contributed by atoms with Gasteiger partial charge in [0.05, 0.1) is 13.2 Å². The average Bonchev–Trinajstić information content (AvgIpc) is 2.68. The van der Waals surface area contributed by atoms with Gasteiger partial charge in [-0.25, -0.2) is 0 Å². The Morgan fingerprint density at radius 2 is 1.69 bits per heavy atom. The van der Waals surface area contributed by atoms with E-state index in [1.807, 2.05) is 24.5 Å². The summed E-state index contributed by atoms with van der Waals surface area (Å²) in [5.74, 6) is 0.495. The maximum absolute atomic E-state index is 11.7. The topological polar surface area (TPSA) is 52.6 Å². The van der Waals surface area contributed by atoms with Gasteiger partial charge in [-0.1, -0.05) is 42.5 Å². The minimum atomic E-state index is -0.151. The van der Waals surface area contributed by atoms with Gasteiger partial charge in [-0.15, -0.1) is 0 Å². The van der Waals surface area contributed by atoms with Crippen LogP contribution in [0.2, 0.25) is 0 Å². The lowest BCUT2D eigenvalue weighted by Gasteiger charge is -2.07. The van der Waals surface area contributed by atoms with Crippen molar-refractivity contribution in [3.8, 4) is 5.75 Å². The summed E-state index contributed by atoms with van der Waals surface area (Å²) in [6.07, 6.45) is 6.64. The summed E-state index contributed by atoms with van der Waals surface area (Å²) >= 11 is 0. The predicted molar refractivity (Wildman–Crippen MR) is 101 cm³/mol. The Morgan fingerprint density at radius 1 is 0.885 bits per heavy atom. The molecule has 26 heavy (non-hydrogen) atoms. The van der Waals surface area contributed by atoms with Crippen molar-refractivity contribution in [2.24, 2.45) is 0 Å². The van der Waals surface area contributed by atoms with E-state index in [0.717, 1.165) is 32.1 Å². The van der Waals surface area contributed by atoms with Crippen molar-refractivity contribution >= 4 is 12.3 Å². The molecule has 2 aromatic rings. The van der Waals surface area contributed by atoms with E-state index in [1.54, 1.807) is 24.3 Å². The Bertz CT molecular complexity index is 667. The van der Waals surface area contributed by atoms with Gasteiger partial charge < -0.3 is 9.47 Å². The van der Waals surface area contributed by atoms with E-state index in [1.165, 1.54) is 5.56 Å². The lowest BCUT2D eigenvalue weighted by atomic mass is 10.1. The van der Waals surface area contributed by atoms with Crippen LogP contribution < -0.4 is 4.74 Å². The molecule has 0 aromatic heterocycles. The number of hydrogen-bond donors (Lipinski definition) is 0. The third-order valence-corrected chi connectivity index (χ3v) is 3.96. The van der Waals surface area contributed by atoms with Gasteiger partial charge in [0, 0.05) is 12.0 Å². The van der Waals surface area contributed by atoms with Crippen molar-refractivity contribution in [3.63, 3.8) is 0 Å². The number of ether oxygens (including phenoxy) is 2. The highest BCUT2D eigenvalue weighted by atomic mass is 16.5. The molecule has 0 unspecified atom stereocenters. The lowest BCUT2D eigenvalue weighted by molar-refractivity contribution is -0.143. The van der Waals surface area contributed by atoms with E-state index < -0.39 is 0 Å². The van der Waals surface area contributed by atoms with E-state index in [4.69, 9.17) is 9.47 Å². The van der Waals surface area contributed by atoms with Gasteiger partial charge >= 0.3 is 5.97 Å². The average molecular weight is 353 g/mol. The van der Waals surface area contributed by atoms with Crippen LogP contribution in [0, 0.1) is 0 Å². The first-order valence-corrected chi connectivity index (χ1v) is 9.08.